The van der Waals surface area contributed by atoms with Gasteiger partial charge in [-0.05, 0) is 33.6 Å². The fourth-order valence-corrected chi connectivity index (χ4v) is 3.19. The number of hydrogen-bond donors (Lipinski definition) is 2. The Bertz CT molecular complexity index is 668. The third kappa shape index (κ3) is 3.05. The Hall–Kier alpha value is -1.31. The molecule has 1 aliphatic rings. The van der Waals surface area contributed by atoms with Crippen LogP contribution in [-0.2, 0) is 13.1 Å². The van der Waals surface area contributed by atoms with Crippen molar-refractivity contribution >= 4 is 27.3 Å². The molecule has 0 fully saturated rings. The lowest BCUT2D eigenvalue weighted by Gasteiger charge is -2.20. The predicted octanol–water partition coefficient (Wildman–Crippen LogP) is 2.26. The minimum absolute atomic E-state index is 0.0242. The number of aromatic amines is 1. The first-order valence-electron chi connectivity index (χ1n) is 6.18. The fourth-order valence-electron chi connectivity index (χ4n) is 2.01. The Labute approximate surface area is 128 Å². The van der Waals surface area contributed by atoms with E-state index in [1.165, 1.54) is 11.3 Å². The van der Waals surface area contributed by atoms with E-state index >= 15 is 0 Å². The average Bonchev–Trinajstić information content (AvgIpc) is 2.85. The number of rotatable bonds is 4. The van der Waals surface area contributed by atoms with Crippen LogP contribution in [0.3, 0.4) is 0 Å². The summed E-state index contributed by atoms with van der Waals surface area (Å²) in [7, 11) is 0. The van der Waals surface area contributed by atoms with Crippen LogP contribution in [0.5, 0.6) is 11.5 Å². The van der Waals surface area contributed by atoms with Crippen LogP contribution in [0.25, 0.3) is 0 Å². The van der Waals surface area contributed by atoms with Gasteiger partial charge in [0.2, 0.25) is 0 Å². The smallest absolute Gasteiger partial charge is 0.304 e. The first kappa shape index (κ1) is 13.7. The first-order valence-corrected chi connectivity index (χ1v) is 7.85. The third-order valence-electron chi connectivity index (χ3n) is 2.87. The van der Waals surface area contributed by atoms with E-state index in [9.17, 15) is 4.79 Å². The van der Waals surface area contributed by atoms with E-state index in [0.717, 1.165) is 27.2 Å². The third-order valence-corrected chi connectivity index (χ3v) is 4.18. The molecule has 7 heteroatoms. The zero-order valence-electron chi connectivity index (χ0n) is 10.6. The molecule has 2 aromatic rings. The van der Waals surface area contributed by atoms with E-state index in [2.05, 4.69) is 26.2 Å². The zero-order chi connectivity index (χ0) is 13.9. The van der Waals surface area contributed by atoms with Crippen LogP contribution in [0.1, 0.15) is 11.3 Å². The minimum atomic E-state index is -0.0242. The Morgan fingerprint density at radius 1 is 1.30 bits per heavy atom. The van der Waals surface area contributed by atoms with Crippen molar-refractivity contribution in [1.82, 2.24) is 10.3 Å². The molecule has 0 spiro atoms. The summed E-state index contributed by atoms with van der Waals surface area (Å²) < 4.78 is 12.0. The lowest BCUT2D eigenvalue weighted by molar-refractivity contribution is 0.170. The van der Waals surface area contributed by atoms with Crippen molar-refractivity contribution in [2.75, 3.05) is 13.2 Å². The summed E-state index contributed by atoms with van der Waals surface area (Å²) in [4.78, 5) is 13.8. The number of hydrogen-bond acceptors (Lipinski definition) is 5. The molecule has 20 heavy (non-hydrogen) atoms. The molecule has 106 valence electrons. The van der Waals surface area contributed by atoms with E-state index in [1.54, 1.807) is 0 Å². The van der Waals surface area contributed by atoms with E-state index in [-0.39, 0.29) is 4.87 Å². The Morgan fingerprint density at radius 3 is 2.95 bits per heavy atom. The minimum Gasteiger partial charge on any atom is -0.486 e. The van der Waals surface area contributed by atoms with Gasteiger partial charge in [0.05, 0.1) is 4.47 Å². The van der Waals surface area contributed by atoms with Crippen molar-refractivity contribution in [2.24, 2.45) is 0 Å². The summed E-state index contributed by atoms with van der Waals surface area (Å²) in [5.41, 5.74) is 2.00. The van der Waals surface area contributed by atoms with Crippen LogP contribution < -0.4 is 19.7 Å². The monoisotopic (exact) mass is 356 g/mol. The number of halogens is 1. The maximum Gasteiger partial charge on any atom is 0.304 e. The summed E-state index contributed by atoms with van der Waals surface area (Å²) in [6, 6.07) is 3.99. The zero-order valence-corrected chi connectivity index (χ0v) is 13.0. The number of nitrogens with one attached hydrogen (secondary N) is 2. The highest BCUT2D eigenvalue weighted by Gasteiger charge is 2.16. The van der Waals surface area contributed by atoms with Gasteiger partial charge < -0.3 is 19.8 Å². The summed E-state index contributed by atoms with van der Waals surface area (Å²) in [5, 5.41) is 5.11. The van der Waals surface area contributed by atoms with E-state index < -0.39 is 0 Å². The average molecular weight is 357 g/mol. The number of benzene rings is 1. The first-order chi connectivity index (χ1) is 9.72. The molecule has 0 atom stereocenters. The summed E-state index contributed by atoms with van der Waals surface area (Å²) in [5.74, 6) is 1.54. The topological polar surface area (TPSA) is 63.4 Å². The number of H-pyrrole nitrogens is 1. The van der Waals surface area contributed by atoms with Gasteiger partial charge in [0.25, 0.3) is 0 Å². The van der Waals surface area contributed by atoms with Crippen LogP contribution in [-0.4, -0.2) is 18.2 Å². The summed E-state index contributed by atoms with van der Waals surface area (Å²) in [6.07, 6.45) is 0. The van der Waals surface area contributed by atoms with Crippen molar-refractivity contribution in [3.05, 3.63) is 42.9 Å². The summed E-state index contributed by atoms with van der Waals surface area (Å²) in [6.45, 7) is 2.47. The number of fused-ring (bicyclic) bond motifs is 1. The predicted molar refractivity (Wildman–Crippen MR) is 80.6 cm³/mol. The molecule has 0 amide bonds. The molecule has 0 aliphatic carbocycles. The molecular weight excluding hydrogens is 344 g/mol. The molecule has 0 radical (unpaired) electrons. The molecule has 5 nitrogen and oxygen atoms in total. The van der Waals surface area contributed by atoms with Crippen molar-refractivity contribution in [1.29, 1.82) is 0 Å². The second-order valence-corrected chi connectivity index (χ2v) is 6.08. The molecular formula is C13H13BrN2O3S. The Morgan fingerprint density at radius 2 is 2.15 bits per heavy atom. The van der Waals surface area contributed by atoms with Crippen LogP contribution in [0.4, 0.5) is 0 Å². The van der Waals surface area contributed by atoms with Crippen LogP contribution in [0, 0.1) is 0 Å². The van der Waals surface area contributed by atoms with Crippen LogP contribution >= 0.6 is 27.3 Å². The maximum atomic E-state index is 11.0. The Balaban J connectivity index is 1.65. The highest BCUT2D eigenvalue weighted by atomic mass is 79.9. The molecule has 3 rings (SSSR count). The highest BCUT2D eigenvalue weighted by Crippen LogP contribution is 2.38. The van der Waals surface area contributed by atoms with Gasteiger partial charge in [-0.2, -0.15) is 0 Å². The molecule has 2 N–H and O–H groups in total. The van der Waals surface area contributed by atoms with Gasteiger partial charge in [-0.1, -0.05) is 11.3 Å². The van der Waals surface area contributed by atoms with Crippen molar-refractivity contribution in [3.63, 3.8) is 0 Å². The lowest BCUT2D eigenvalue weighted by Crippen LogP contribution is -2.17. The van der Waals surface area contributed by atoms with Gasteiger partial charge in [-0.25, -0.2) is 0 Å². The van der Waals surface area contributed by atoms with Gasteiger partial charge in [0.1, 0.15) is 13.2 Å². The molecule has 0 bridgehead atoms. The molecule has 1 aliphatic heterocycles. The number of ether oxygens (including phenoxy) is 2. The van der Waals surface area contributed by atoms with Gasteiger partial charge >= 0.3 is 4.87 Å². The quantitative estimate of drug-likeness (QED) is 0.881. The van der Waals surface area contributed by atoms with Crippen LogP contribution in [0.15, 0.2) is 26.8 Å². The van der Waals surface area contributed by atoms with Crippen LogP contribution in [0.2, 0.25) is 0 Å². The van der Waals surface area contributed by atoms with Crippen molar-refractivity contribution in [3.8, 4) is 11.5 Å². The largest absolute Gasteiger partial charge is 0.486 e. The maximum absolute atomic E-state index is 11.0. The molecule has 2 heterocycles. The number of aromatic nitrogens is 1. The molecule has 1 aromatic carbocycles. The van der Waals surface area contributed by atoms with Crippen molar-refractivity contribution in [2.45, 2.75) is 13.1 Å². The normalized spacial score (nSPS) is 13.4. The second-order valence-electron chi connectivity index (χ2n) is 4.38. The standard InChI is InChI=1S/C13H13BrN2O3S/c14-10-3-8(4-11-12(10)19-2-1-18-11)5-15-6-9-7-20-13(17)16-9/h3-4,7,15H,1-2,5-6H2,(H,16,17). The van der Waals surface area contributed by atoms with E-state index in [0.29, 0.717) is 26.3 Å². The van der Waals surface area contributed by atoms with E-state index in [1.807, 2.05) is 17.5 Å². The van der Waals surface area contributed by atoms with Crippen molar-refractivity contribution < 1.29 is 9.47 Å². The lowest BCUT2D eigenvalue weighted by atomic mass is 10.2. The van der Waals surface area contributed by atoms with Gasteiger partial charge in [-0.15, -0.1) is 0 Å². The van der Waals surface area contributed by atoms with Gasteiger partial charge in [0.15, 0.2) is 11.5 Å². The molecule has 1 aromatic heterocycles. The Kier molecular flexibility index (Phi) is 4.09. The second kappa shape index (κ2) is 5.99. The SMILES string of the molecule is O=c1[nH]c(CNCc2cc(Br)c3c(c2)OCCO3)cs1. The number of thiazole rings is 1. The molecule has 0 saturated carbocycles. The van der Waals surface area contributed by atoms with E-state index in [4.69, 9.17) is 9.47 Å². The summed E-state index contributed by atoms with van der Waals surface area (Å²) >= 11 is 4.67. The van der Waals surface area contributed by atoms with Gasteiger partial charge in [-0.3, -0.25) is 4.79 Å². The fraction of sp³-hybridized carbons (Fsp3) is 0.308. The van der Waals surface area contributed by atoms with Gasteiger partial charge in [0, 0.05) is 24.2 Å². The highest BCUT2D eigenvalue weighted by molar-refractivity contribution is 9.10. The molecule has 0 unspecified atom stereocenters. The molecule has 0 saturated heterocycles.